The lowest BCUT2D eigenvalue weighted by Crippen LogP contribution is -2.07. The SMILES string of the molecule is O=Cc1nc(Cc2ccccc2)n(-c2ccc(S(=O)O)cc2F)n1. The van der Waals surface area contributed by atoms with Crippen molar-refractivity contribution in [1.29, 1.82) is 0 Å². The Hall–Kier alpha value is -2.71. The lowest BCUT2D eigenvalue weighted by atomic mass is 10.1. The van der Waals surface area contributed by atoms with Crippen LogP contribution in [0.1, 0.15) is 22.0 Å². The number of carbonyl (C=O) groups excluding carboxylic acids is 1. The summed E-state index contributed by atoms with van der Waals surface area (Å²) in [7, 11) is 0. The van der Waals surface area contributed by atoms with Crippen LogP contribution >= 0.6 is 0 Å². The van der Waals surface area contributed by atoms with Crippen LogP contribution in [0.5, 0.6) is 0 Å². The van der Waals surface area contributed by atoms with Gasteiger partial charge in [0.25, 0.3) is 0 Å². The van der Waals surface area contributed by atoms with Gasteiger partial charge in [-0.05, 0) is 23.8 Å². The summed E-state index contributed by atoms with van der Waals surface area (Å²) < 4.78 is 35.6. The second-order valence-corrected chi connectivity index (χ2v) is 5.91. The molecule has 2 aromatic carbocycles. The highest BCUT2D eigenvalue weighted by molar-refractivity contribution is 7.79. The molecule has 0 saturated heterocycles. The third-order valence-electron chi connectivity index (χ3n) is 3.35. The number of aldehydes is 1. The molecule has 3 rings (SSSR count). The first-order chi connectivity index (χ1) is 11.6. The summed E-state index contributed by atoms with van der Waals surface area (Å²) in [6.07, 6.45) is 0.842. The molecule has 0 radical (unpaired) electrons. The maximum Gasteiger partial charge on any atom is 0.214 e. The monoisotopic (exact) mass is 345 g/mol. The zero-order chi connectivity index (χ0) is 17.1. The molecule has 6 nitrogen and oxygen atoms in total. The molecule has 0 bridgehead atoms. The minimum Gasteiger partial charge on any atom is -0.302 e. The summed E-state index contributed by atoms with van der Waals surface area (Å²) >= 11 is -2.28. The molecule has 0 amide bonds. The van der Waals surface area contributed by atoms with Crippen LogP contribution in [0, 0.1) is 5.82 Å². The Labute approximate surface area is 139 Å². The van der Waals surface area contributed by atoms with Crippen LogP contribution in [0.2, 0.25) is 0 Å². The highest BCUT2D eigenvalue weighted by Crippen LogP contribution is 2.19. The fourth-order valence-corrected chi connectivity index (χ4v) is 2.65. The molecule has 1 heterocycles. The van der Waals surface area contributed by atoms with Crippen LogP contribution in [0.15, 0.2) is 53.4 Å². The first-order valence-electron chi connectivity index (χ1n) is 6.94. The normalized spacial score (nSPS) is 12.1. The molecule has 122 valence electrons. The van der Waals surface area contributed by atoms with Crippen molar-refractivity contribution < 1.29 is 17.9 Å². The van der Waals surface area contributed by atoms with Gasteiger partial charge in [0.2, 0.25) is 5.82 Å². The summed E-state index contributed by atoms with van der Waals surface area (Å²) in [6, 6.07) is 13.0. The second kappa shape index (κ2) is 6.81. The molecule has 0 spiro atoms. The van der Waals surface area contributed by atoms with E-state index in [4.69, 9.17) is 4.55 Å². The van der Waals surface area contributed by atoms with Crippen molar-refractivity contribution in [2.24, 2.45) is 0 Å². The van der Waals surface area contributed by atoms with Crippen LogP contribution in [-0.4, -0.2) is 29.8 Å². The molecule has 0 fully saturated rings. The van der Waals surface area contributed by atoms with Gasteiger partial charge >= 0.3 is 0 Å². The Kier molecular flexibility index (Phi) is 4.59. The van der Waals surface area contributed by atoms with Crippen molar-refractivity contribution in [2.75, 3.05) is 0 Å². The number of nitrogens with zero attached hydrogens (tertiary/aromatic N) is 3. The van der Waals surface area contributed by atoms with Gasteiger partial charge in [-0.15, -0.1) is 5.10 Å². The fourth-order valence-electron chi connectivity index (χ4n) is 2.27. The fraction of sp³-hybridized carbons (Fsp3) is 0.0625. The number of hydrogen-bond donors (Lipinski definition) is 1. The Balaban J connectivity index is 2.06. The zero-order valence-corrected chi connectivity index (χ0v) is 13.1. The van der Waals surface area contributed by atoms with Crippen molar-refractivity contribution >= 4 is 17.4 Å². The third-order valence-corrected chi connectivity index (χ3v) is 4.01. The Bertz CT molecular complexity index is 912. The molecule has 1 aromatic heterocycles. The van der Waals surface area contributed by atoms with Crippen LogP contribution in [0.3, 0.4) is 0 Å². The van der Waals surface area contributed by atoms with Gasteiger partial charge < -0.3 is 4.55 Å². The largest absolute Gasteiger partial charge is 0.302 e. The van der Waals surface area contributed by atoms with E-state index in [1.165, 1.54) is 16.8 Å². The van der Waals surface area contributed by atoms with Gasteiger partial charge in [-0.3, -0.25) is 4.79 Å². The van der Waals surface area contributed by atoms with E-state index in [0.717, 1.165) is 11.6 Å². The highest BCUT2D eigenvalue weighted by atomic mass is 32.2. The summed E-state index contributed by atoms with van der Waals surface area (Å²) in [4.78, 5) is 15.0. The second-order valence-electron chi connectivity index (χ2n) is 4.94. The Morgan fingerprint density at radius 3 is 2.58 bits per heavy atom. The molecule has 1 N–H and O–H groups in total. The van der Waals surface area contributed by atoms with Crippen LogP contribution in [-0.2, 0) is 17.5 Å². The molecular weight excluding hydrogens is 333 g/mol. The van der Waals surface area contributed by atoms with E-state index in [2.05, 4.69) is 10.1 Å². The lowest BCUT2D eigenvalue weighted by Gasteiger charge is -2.08. The summed E-state index contributed by atoms with van der Waals surface area (Å²) in [5.74, 6) is -0.401. The van der Waals surface area contributed by atoms with Crippen molar-refractivity contribution in [3.63, 3.8) is 0 Å². The van der Waals surface area contributed by atoms with E-state index in [-0.39, 0.29) is 16.4 Å². The molecule has 0 aliphatic heterocycles. The summed E-state index contributed by atoms with van der Waals surface area (Å²) in [5.41, 5.74) is 0.979. The smallest absolute Gasteiger partial charge is 0.214 e. The van der Waals surface area contributed by atoms with Crippen molar-refractivity contribution in [2.45, 2.75) is 11.3 Å². The number of rotatable bonds is 5. The molecule has 1 atom stereocenters. The molecule has 0 aliphatic rings. The first kappa shape index (κ1) is 16.2. The quantitative estimate of drug-likeness (QED) is 0.567. The van der Waals surface area contributed by atoms with E-state index in [1.54, 1.807) is 0 Å². The standard InChI is InChI=1S/C16H12FN3O3S/c17-13-9-12(24(22)23)6-7-14(13)20-16(18-15(10-21)19-20)8-11-4-2-1-3-5-11/h1-7,9-10H,8H2,(H,22,23). The lowest BCUT2D eigenvalue weighted by molar-refractivity contribution is 0.111. The third kappa shape index (κ3) is 3.29. The van der Waals surface area contributed by atoms with Crippen LogP contribution in [0.25, 0.3) is 5.69 Å². The average molecular weight is 345 g/mol. The van der Waals surface area contributed by atoms with Crippen LogP contribution < -0.4 is 0 Å². The Morgan fingerprint density at radius 1 is 1.21 bits per heavy atom. The number of carbonyl (C=O) groups is 1. The molecular formula is C16H12FN3O3S. The molecule has 8 heteroatoms. The number of benzene rings is 2. The predicted octanol–water partition coefficient (Wildman–Crippen LogP) is 2.39. The molecule has 0 saturated carbocycles. The maximum atomic E-state index is 14.3. The molecule has 3 aromatic rings. The number of hydrogen-bond acceptors (Lipinski definition) is 4. The van der Waals surface area contributed by atoms with Crippen molar-refractivity contribution in [3.8, 4) is 5.69 Å². The predicted molar refractivity (Wildman–Crippen MR) is 85.0 cm³/mol. The topological polar surface area (TPSA) is 85.1 Å². The molecule has 1 unspecified atom stereocenters. The zero-order valence-electron chi connectivity index (χ0n) is 12.3. The van der Waals surface area contributed by atoms with Gasteiger partial charge in [-0.2, -0.15) is 0 Å². The average Bonchev–Trinajstić information content (AvgIpc) is 2.98. The van der Waals surface area contributed by atoms with Gasteiger partial charge in [0.05, 0.1) is 4.90 Å². The van der Waals surface area contributed by atoms with Crippen molar-refractivity contribution in [1.82, 2.24) is 14.8 Å². The molecule has 24 heavy (non-hydrogen) atoms. The Morgan fingerprint density at radius 2 is 1.96 bits per heavy atom. The molecule has 0 aliphatic carbocycles. The maximum absolute atomic E-state index is 14.3. The van der Waals surface area contributed by atoms with Gasteiger partial charge in [0.1, 0.15) is 17.3 Å². The summed E-state index contributed by atoms with van der Waals surface area (Å²) in [6.45, 7) is 0. The van der Waals surface area contributed by atoms with E-state index >= 15 is 0 Å². The minimum atomic E-state index is -2.28. The van der Waals surface area contributed by atoms with E-state index in [9.17, 15) is 13.4 Å². The van der Waals surface area contributed by atoms with Gasteiger partial charge in [-0.1, -0.05) is 30.3 Å². The van der Waals surface area contributed by atoms with E-state index < -0.39 is 16.9 Å². The number of halogens is 1. The van der Waals surface area contributed by atoms with E-state index in [0.29, 0.717) is 18.5 Å². The van der Waals surface area contributed by atoms with Gasteiger partial charge in [-0.25, -0.2) is 18.3 Å². The van der Waals surface area contributed by atoms with E-state index in [1.807, 2.05) is 30.3 Å². The minimum absolute atomic E-state index is 0.0516. The van der Waals surface area contributed by atoms with Crippen molar-refractivity contribution in [3.05, 3.63) is 71.6 Å². The van der Waals surface area contributed by atoms with Gasteiger partial charge in [0.15, 0.2) is 17.4 Å². The summed E-state index contributed by atoms with van der Waals surface area (Å²) in [5, 5.41) is 3.99. The van der Waals surface area contributed by atoms with Gasteiger partial charge in [0, 0.05) is 6.42 Å². The number of aromatic nitrogens is 3. The van der Waals surface area contributed by atoms with Crippen LogP contribution in [0.4, 0.5) is 4.39 Å². The highest BCUT2D eigenvalue weighted by Gasteiger charge is 2.16. The first-order valence-corrected chi connectivity index (χ1v) is 8.05.